The van der Waals surface area contributed by atoms with E-state index in [4.69, 9.17) is 11.6 Å². The molecule has 188 valence electrons. The predicted octanol–water partition coefficient (Wildman–Crippen LogP) is 5.86. The van der Waals surface area contributed by atoms with Gasteiger partial charge in [-0.3, -0.25) is 4.98 Å². The van der Waals surface area contributed by atoms with Gasteiger partial charge in [-0.1, -0.05) is 36.8 Å². The van der Waals surface area contributed by atoms with E-state index in [0.717, 1.165) is 50.3 Å². The highest BCUT2D eigenvalue weighted by Gasteiger charge is 2.64. The van der Waals surface area contributed by atoms with Gasteiger partial charge in [0.25, 0.3) is 0 Å². The molecule has 2 saturated carbocycles. The third-order valence-corrected chi connectivity index (χ3v) is 9.96. The van der Waals surface area contributed by atoms with Gasteiger partial charge in [-0.05, 0) is 105 Å². The molecule has 3 N–H and O–H groups in total. The Kier molecular flexibility index (Phi) is 6.63. The molecule has 4 aliphatic carbocycles. The maximum absolute atomic E-state index is 12.3. The average Bonchev–Trinajstić information content (AvgIpc) is 3.14. The van der Waals surface area contributed by atoms with Crippen molar-refractivity contribution in [2.45, 2.75) is 74.9 Å². The lowest BCUT2D eigenvalue weighted by Gasteiger charge is -2.56. The van der Waals surface area contributed by atoms with Gasteiger partial charge >= 0.3 is 0 Å². The lowest BCUT2D eigenvalue weighted by atomic mass is 9.54. The van der Waals surface area contributed by atoms with Crippen LogP contribution in [0.25, 0.3) is 16.3 Å². The smallest absolute Gasteiger partial charge is 0.0918 e. The van der Waals surface area contributed by atoms with Crippen LogP contribution in [0.3, 0.4) is 0 Å². The van der Waals surface area contributed by atoms with E-state index in [1.54, 1.807) is 0 Å². The highest BCUT2D eigenvalue weighted by atomic mass is 35.5. The Morgan fingerprint density at radius 2 is 1.86 bits per heavy atom. The Balaban J connectivity index is 0.000000806. The number of rotatable bonds is 1. The van der Waals surface area contributed by atoms with Gasteiger partial charge in [0.15, 0.2) is 0 Å². The highest BCUT2D eigenvalue weighted by Crippen LogP contribution is 2.65. The van der Waals surface area contributed by atoms with Crippen LogP contribution in [0, 0.1) is 17.3 Å². The number of aliphatic hydroxyl groups excluding tert-OH is 1. The van der Waals surface area contributed by atoms with E-state index in [-0.39, 0.29) is 17.4 Å². The Morgan fingerprint density at radius 3 is 2.66 bits per heavy atom. The third-order valence-electron chi connectivity index (χ3n) is 9.33. The topological polar surface area (TPSA) is 65.4 Å². The summed E-state index contributed by atoms with van der Waals surface area (Å²) < 4.78 is 0. The summed E-state index contributed by atoms with van der Waals surface area (Å²) in [6.07, 6.45) is 14.9. The fourth-order valence-corrected chi connectivity index (χ4v) is 7.95. The molecule has 2 aromatic rings. The van der Waals surface area contributed by atoms with Crippen molar-refractivity contribution in [3.8, 4) is 0 Å². The number of benzene rings is 1. The van der Waals surface area contributed by atoms with Gasteiger partial charge in [0, 0.05) is 23.7 Å². The second-order valence-corrected chi connectivity index (χ2v) is 12.1. The molecule has 1 heterocycles. The number of allylic oxidation sites excluding steroid dienone is 2. The maximum Gasteiger partial charge on any atom is 0.0918 e. The van der Waals surface area contributed by atoms with Crippen LogP contribution in [0.5, 0.6) is 0 Å². The molecule has 35 heavy (non-hydrogen) atoms. The highest BCUT2D eigenvalue weighted by molar-refractivity contribution is 6.26. The summed E-state index contributed by atoms with van der Waals surface area (Å²) in [6, 6.07) is 8.71. The summed E-state index contributed by atoms with van der Waals surface area (Å²) in [4.78, 5) is 3.50. The molecule has 6 atom stereocenters. The van der Waals surface area contributed by atoms with Crippen molar-refractivity contribution in [3.05, 3.63) is 59.9 Å². The van der Waals surface area contributed by atoms with Gasteiger partial charge < -0.3 is 15.5 Å². The predicted molar refractivity (Wildman–Crippen MR) is 144 cm³/mol. The molecular weight excluding hydrogens is 456 g/mol. The van der Waals surface area contributed by atoms with Gasteiger partial charge in [0.05, 0.1) is 16.6 Å². The van der Waals surface area contributed by atoms with Crippen LogP contribution in [-0.4, -0.2) is 45.9 Å². The van der Waals surface area contributed by atoms with Crippen molar-refractivity contribution in [2.75, 3.05) is 14.1 Å². The fourth-order valence-electron chi connectivity index (χ4n) is 7.49. The summed E-state index contributed by atoms with van der Waals surface area (Å²) in [6.45, 7) is 2.34. The normalized spacial score (nSPS) is 38.2. The van der Waals surface area contributed by atoms with Crippen LogP contribution >= 0.6 is 11.6 Å². The minimum absolute atomic E-state index is 0.0959. The molecular formula is C30H39ClN2O2. The first kappa shape index (κ1) is 25.0. The molecule has 4 nitrogen and oxygen atoms in total. The van der Waals surface area contributed by atoms with E-state index in [9.17, 15) is 10.2 Å². The van der Waals surface area contributed by atoms with Gasteiger partial charge in [-0.2, -0.15) is 0 Å². The first-order valence-electron chi connectivity index (χ1n) is 13.2. The first-order chi connectivity index (χ1) is 16.7. The number of nitrogens with zero attached hydrogens (tertiary/aromatic N) is 1. The Labute approximate surface area is 214 Å². The molecule has 0 saturated heterocycles. The zero-order chi connectivity index (χ0) is 24.8. The Bertz CT molecular complexity index is 1160. The second kappa shape index (κ2) is 9.30. The average molecular weight is 495 g/mol. The molecule has 1 aromatic heterocycles. The van der Waals surface area contributed by atoms with Crippen molar-refractivity contribution < 1.29 is 10.2 Å². The summed E-state index contributed by atoms with van der Waals surface area (Å²) in [5.41, 5.74) is 2.87. The minimum Gasteiger partial charge on any atom is -0.393 e. The Hall–Kier alpha value is -1.72. The first-order valence-corrected chi connectivity index (χ1v) is 13.6. The molecule has 5 heteroatoms. The van der Waals surface area contributed by atoms with E-state index in [2.05, 4.69) is 53.6 Å². The molecule has 2 fully saturated rings. The van der Waals surface area contributed by atoms with E-state index in [0.29, 0.717) is 12.3 Å². The second-order valence-electron chi connectivity index (χ2n) is 11.4. The zero-order valence-electron chi connectivity index (χ0n) is 21.2. The van der Waals surface area contributed by atoms with Crippen LogP contribution in [-0.2, 0) is 0 Å². The molecule has 0 radical (unpaired) electrons. The number of aromatic nitrogens is 1. The van der Waals surface area contributed by atoms with Gasteiger partial charge in [0.1, 0.15) is 0 Å². The van der Waals surface area contributed by atoms with Gasteiger partial charge in [-0.25, -0.2) is 0 Å². The largest absolute Gasteiger partial charge is 0.393 e. The standard InChI is InChI=1S/C28H32ClNO2.C2H7N/c1-26-11-12-27(29)16-22-15-23(31)5-4-18(22)8-10-28(27,32)25(26)7-6-24(26)20-2-3-21-17-30-13-9-19(21)14-20;1-3-2/h2-3,6,9,13-14,16-18,23,25,31-32H,4-5,7-8,10-12,15H2,1H3;3H,1-2H3/t18?,23?,25?,26?,27?,28-;/m0./s1. The zero-order valence-corrected chi connectivity index (χ0v) is 22.0. The molecule has 0 amide bonds. The summed E-state index contributed by atoms with van der Waals surface area (Å²) >= 11 is 7.35. The molecule has 4 aliphatic rings. The van der Waals surface area contributed by atoms with Crippen LogP contribution < -0.4 is 5.32 Å². The van der Waals surface area contributed by atoms with Crippen molar-refractivity contribution >= 4 is 27.9 Å². The monoisotopic (exact) mass is 494 g/mol. The lowest BCUT2D eigenvalue weighted by molar-refractivity contribution is -0.106. The number of fused-ring (bicyclic) bond motifs is 5. The maximum atomic E-state index is 12.3. The third kappa shape index (κ3) is 4.07. The minimum atomic E-state index is -0.935. The quantitative estimate of drug-likeness (QED) is 0.343. The summed E-state index contributed by atoms with van der Waals surface area (Å²) in [5.74, 6) is 0.559. The van der Waals surface area contributed by atoms with Crippen LogP contribution in [0.4, 0.5) is 0 Å². The Morgan fingerprint density at radius 1 is 1.06 bits per heavy atom. The van der Waals surface area contributed by atoms with E-state index >= 15 is 0 Å². The molecule has 1 aromatic carbocycles. The van der Waals surface area contributed by atoms with Gasteiger partial charge in [0.2, 0.25) is 0 Å². The molecule has 0 spiro atoms. The van der Waals surface area contributed by atoms with Gasteiger partial charge in [-0.15, -0.1) is 11.6 Å². The van der Waals surface area contributed by atoms with E-state index in [1.807, 2.05) is 26.5 Å². The number of pyridine rings is 1. The van der Waals surface area contributed by atoms with Crippen LogP contribution in [0.2, 0.25) is 0 Å². The van der Waals surface area contributed by atoms with Crippen LogP contribution in [0.1, 0.15) is 63.9 Å². The molecule has 0 bridgehead atoms. The summed E-state index contributed by atoms with van der Waals surface area (Å²) in [5, 5.41) is 27.7. The molecule has 6 rings (SSSR count). The van der Waals surface area contributed by atoms with E-state index in [1.165, 1.54) is 22.1 Å². The number of hydrogen-bond donors (Lipinski definition) is 3. The van der Waals surface area contributed by atoms with Crippen molar-refractivity contribution in [3.63, 3.8) is 0 Å². The fraction of sp³-hybridized carbons (Fsp3) is 0.567. The van der Waals surface area contributed by atoms with Crippen molar-refractivity contribution in [1.82, 2.24) is 10.3 Å². The number of alkyl halides is 1. The number of aliphatic hydroxyl groups is 2. The van der Waals surface area contributed by atoms with E-state index < -0.39 is 10.5 Å². The summed E-state index contributed by atoms with van der Waals surface area (Å²) in [7, 11) is 3.75. The van der Waals surface area contributed by atoms with Crippen molar-refractivity contribution in [1.29, 1.82) is 0 Å². The number of halogens is 1. The number of hydrogen-bond acceptors (Lipinski definition) is 4. The molecule has 0 aliphatic heterocycles. The van der Waals surface area contributed by atoms with Crippen molar-refractivity contribution in [2.24, 2.45) is 17.3 Å². The molecule has 5 unspecified atom stereocenters. The number of nitrogens with one attached hydrogen (secondary N) is 1. The lowest BCUT2D eigenvalue weighted by Crippen LogP contribution is -2.61. The SMILES string of the molecule is CC12CCC3(Cl)C=C4CC(O)CCC4CC[C@]3(O)C1CC=C2c1ccc2cnccc2c1.CNC. The van der Waals surface area contributed by atoms with Crippen LogP contribution in [0.15, 0.2) is 54.4 Å².